The Hall–Kier alpha value is -3.88. The first-order valence-corrected chi connectivity index (χ1v) is 13.0. The highest BCUT2D eigenvalue weighted by molar-refractivity contribution is 6.69. The van der Waals surface area contributed by atoms with Gasteiger partial charge in [0, 0.05) is 10.8 Å². The molecule has 0 bridgehead atoms. The van der Waals surface area contributed by atoms with Gasteiger partial charge in [0.1, 0.15) is 11.2 Å². The van der Waals surface area contributed by atoms with Gasteiger partial charge in [0.15, 0.2) is 0 Å². The Balaban J connectivity index is 1.59. The van der Waals surface area contributed by atoms with Crippen molar-refractivity contribution in [3.05, 3.63) is 131 Å². The highest BCUT2D eigenvalue weighted by atomic mass is 28.2. The van der Waals surface area contributed by atoms with E-state index >= 15 is 0 Å². The summed E-state index contributed by atoms with van der Waals surface area (Å²) in [6, 6.07) is 40.4. The molecule has 0 saturated carbocycles. The third-order valence-electron chi connectivity index (χ3n) is 7.76. The maximum Gasteiger partial charge on any atom is 0.135 e. The molecule has 33 heavy (non-hydrogen) atoms. The third kappa shape index (κ3) is 2.08. The summed E-state index contributed by atoms with van der Waals surface area (Å²) in [5.41, 5.74) is 10.0. The predicted octanol–water partition coefficient (Wildman–Crippen LogP) is 5.38. The molecule has 0 unspecified atom stereocenters. The molecule has 1 aliphatic heterocycles. The topological polar surface area (TPSA) is 13.1 Å². The Bertz CT molecular complexity index is 1710. The van der Waals surface area contributed by atoms with Gasteiger partial charge in [0.05, 0.1) is 14.9 Å². The average molecular weight is 437 g/mol. The van der Waals surface area contributed by atoms with Crippen molar-refractivity contribution in [1.82, 2.24) is 0 Å². The summed E-state index contributed by atoms with van der Waals surface area (Å²) in [4.78, 5) is 0. The van der Waals surface area contributed by atoms with Crippen LogP contribution >= 0.6 is 0 Å². The molecule has 8 rings (SSSR count). The van der Waals surface area contributed by atoms with Gasteiger partial charge in [0.2, 0.25) is 0 Å². The quantitative estimate of drug-likeness (QED) is 0.291. The summed E-state index contributed by atoms with van der Waals surface area (Å²) in [5.74, 6) is 0. The van der Waals surface area contributed by atoms with E-state index in [9.17, 15) is 0 Å². The summed E-state index contributed by atoms with van der Waals surface area (Å²) in [5, 5.41) is 5.53. The van der Waals surface area contributed by atoms with E-state index in [0.29, 0.717) is 0 Å². The van der Waals surface area contributed by atoms with Crippen molar-refractivity contribution in [1.29, 1.82) is 0 Å². The molecule has 2 aliphatic rings. The van der Waals surface area contributed by atoms with Gasteiger partial charge in [-0.3, -0.25) is 0 Å². The van der Waals surface area contributed by atoms with Crippen molar-refractivity contribution in [3.63, 3.8) is 0 Å². The fourth-order valence-corrected chi connectivity index (χ4v) is 8.62. The van der Waals surface area contributed by atoms with E-state index < -0.39 is 9.52 Å². The number of hydrogen-bond acceptors (Lipinski definition) is 1. The molecule has 2 heterocycles. The Kier molecular flexibility index (Phi) is 3.27. The van der Waals surface area contributed by atoms with Crippen molar-refractivity contribution in [2.75, 3.05) is 0 Å². The lowest BCUT2D eigenvalue weighted by atomic mass is 9.67. The van der Waals surface area contributed by atoms with Gasteiger partial charge in [0.25, 0.3) is 0 Å². The lowest BCUT2D eigenvalue weighted by molar-refractivity contribution is 0.666. The minimum atomic E-state index is -0.630. The van der Waals surface area contributed by atoms with Crippen LogP contribution in [0.25, 0.3) is 33.1 Å². The molecule has 0 N–H and O–H groups in total. The van der Waals surface area contributed by atoms with Gasteiger partial charge in [-0.25, -0.2) is 0 Å². The zero-order valence-corrected chi connectivity index (χ0v) is 19.4. The van der Waals surface area contributed by atoms with Crippen LogP contribution in [0.5, 0.6) is 0 Å². The SMILES string of the molecule is c1ccc2c(c1)[SiH2]c1cc3c(cc1C21c2ccccc2-c2ccccc21)oc1ccccc13. The molecule has 5 aromatic carbocycles. The number of rotatable bonds is 0. The van der Waals surface area contributed by atoms with E-state index in [-0.39, 0.29) is 5.41 Å². The van der Waals surface area contributed by atoms with Gasteiger partial charge in [-0.2, -0.15) is 0 Å². The van der Waals surface area contributed by atoms with E-state index in [1.165, 1.54) is 49.3 Å². The maximum absolute atomic E-state index is 6.40. The highest BCUT2D eigenvalue weighted by Crippen LogP contribution is 2.56. The molecule has 0 amide bonds. The smallest absolute Gasteiger partial charge is 0.135 e. The zero-order valence-electron chi connectivity index (χ0n) is 18.0. The fourth-order valence-electron chi connectivity index (χ4n) is 6.52. The van der Waals surface area contributed by atoms with Crippen LogP contribution in [0, 0.1) is 0 Å². The van der Waals surface area contributed by atoms with E-state index in [1.807, 2.05) is 0 Å². The molecule has 0 saturated heterocycles. The van der Waals surface area contributed by atoms with Crippen LogP contribution in [0.4, 0.5) is 0 Å². The molecule has 1 aromatic heterocycles. The zero-order chi connectivity index (χ0) is 21.6. The Morgan fingerprint density at radius 2 is 1.12 bits per heavy atom. The number of fused-ring (bicyclic) bond motifs is 12. The standard InChI is InChI=1S/C31H20OSi/c1-4-12-23-19(9-1)20-10-2-5-13-24(20)31(23)25-14-6-8-16-29(25)33-30-17-22-21-11-3-7-15-27(21)32-28(22)18-26(30)31/h1-18H,33H2. The van der Waals surface area contributed by atoms with E-state index in [2.05, 4.69) is 109 Å². The van der Waals surface area contributed by atoms with Crippen LogP contribution in [-0.4, -0.2) is 9.52 Å². The fraction of sp³-hybridized carbons (Fsp3) is 0.0323. The van der Waals surface area contributed by atoms with E-state index in [1.54, 1.807) is 5.19 Å². The van der Waals surface area contributed by atoms with Crippen LogP contribution in [0.15, 0.2) is 114 Å². The second kappa shape index (κ2) is 6.12. The molecule has 0 atom stereocenters. The molecular weight excluding hydrogens is 416 g/mol. The van der Waals surface area contributed by atoms with Gasteiger partial charge >= 0.3 is 0 Å². The molecule has 1 spiro atoms. The normalized spacial score (nSPS) is 15.5. The van der Waals surface area contributed by atoms with Crippen LogP contribution in [0.2, 0.25) is 0 Å². The first kappa shape index (κ1) is 17.6. The average Bonchev–Trinajstić information content (AvgIpc) is 3.37. The van der Waals surface area contributed by atoms with Crippen LogP contribution in [0.3, 0.4) is 0 Å². The maximum atomic E-state index is 6.40. The number of hydrogen-bond donors (Lipinski definition) is 0. The lowest BCUT2D eigenvalue weighted by Gasteiger charge is -2.40. The monoisotopic (exact) mass is 436 g/mol. The summed E-state index contributed by atoms with van der Waals surface area (Å²) in [6.45, 7) is 0. The number of benzene rings is 5. The Morgan fingerprint density at radius 3 is 1.91 bits per heavy atom. The molecule has 0 fully saturated rings. The summed E-state index contributed by atoms with van der Waals surface area (Å²) in [7, 11) is -0.630. The molecule has 0 radical (unpaired) electrons. The van der Waals surface area contributed by atoms with Gasteiger partial charge < -0.3 is 4.42 Å². The van der Waals surface area contributed by atoms with Gasteiger partial charge in [-0.05, 0) is 45.5 Å². The summed E-state index contributed by atoms with van der Waals surface area (Å²) in [6.07, 6.45) is 0. The van der Waals surface area contributed by atoms with Crippen LogP contribution in [0.1, 0.15) is 22.3 Å². The van der Waals surface area contributed by atoms with E-state index in [0.717, 1.165) is 11.2 Å². The summed E-state index contributed by atoms with van der Waals surface area (Å²) < 4.78 is 6.40. The van der Waals surface area contributed by atoms with Crippen molar-refractivity contribution < 1.29 is 4.42 Å². The molecular formula is C31H20OSi. The Morgan fingerprint density at radius 1 is 0.485 bits per heavy atom. The van der Waals surface area contributed by atoms with Gasteiger partial charge in [-0.15, -0.1) is 0 Å². The molecule has 1 aliphatic carbocycles. The van der Waals surface area contributed by atoms with Crippen molar-refractivity contribution in [2.45, 2.75) is 5.41 Å². The van der Waals surface area contributed by atoms with Crippen LogP contribution < -0.4 is 10.4 Å². The first-order valence-electron chi connectivity index (χ1n) is 11.6. The number of para-hydroxylation sites is 1. The van der Waals surface area contributed by atoms with Crippen molar-refractivity contribution in [3.8, 4) is 11.1 Å². The molecule has 154 valence electrons. The minimum Gasteiger partial charge on any atom is -0.456 e. The first-order chi connectivity index (χ1) is 16.4. The van der Waals surface area contributed by atoms with Gasteiger partial charge in [-0.1, -0.05) is 107 Å². The van der Waals surface area contributed by atoms with Crippen molar-refractivity contribution in [2.24, 2.45) is 0 Å². The minimum absolute atomic E-state index is 0.294. The largest absolute Gasteiger partial charge is 0.456 e. The number of furan rings is 1. The van der Waals surface area contributed by atoms with Crippen LogP contribution in [-0.2, 0) is 5.41 Å². The second-order valence-electron chi connectivity index (χ2n) is 9.28. The highest BCUT2D eigenvalue weighted by Gasteiger charge is 2.49. The lowest BCUT2D eigenvalue weighted by Crippen LogP contribution is -2.48. The van der Waals surface area contributed by atoms with E-state index in [4.69, 9.17) is 4.42 Å². The molecule has 6 aromatic rings. The Labute approximate surface area is 194 Å². The second-order valence-corrected chi connectivity index (χ2v) is 11.2. The molecule has 2 heteroatoms. The third-order valence-corrected chi connectivity index (χ3v) is 9.72. The summed E-state index contributed by atoms with van der Waals surface area (Å²) >= 11 is 0. The predicted molar refractivity (Wildman–Crippen MR) is 139 cm³/mol. The molecule has 1 nitrogen and oxygen atoms in total. The van der Waals surface area contributed by atoms with Crippen molar-refractivity contribution >= 4 is 41.8 Å².